The molecule has 1 N–H and O–H groups in total. The van der Waals surface area contributed by atoms with E-state index >= 15 is 0 Å². The predicted molar refractivity (Wildman–Crippen MR) is 200 cm³/mol. The molecule has 2 amide bonds. The topological polar surface area (TPSA) is 152 Å². The summed E-state index contributed by atoms with van der Waals surface area (Å²) in [4.78, 5) is 54.3. The van der Waals surface area contributed by atoms with Gasteiger partial charge < -0.3 is 14.7 Å². The first-order valence-corrected chi connectivity index (χ1v) is 18.2. The van der Waals surface area contributed by atoms with Gasteiger partial charge in [0.15, 0.2) is 0 Å². The third-order valence-corrected chi connectivity index (χ3v) is 10.6. The van der Waals surface area contributed by atoms with Crippen LogP contribution in [0.4, 0.5) is 5.69 Å². The maximum absolute atomic E-state index is 14.3. The molecule has 6 rings (SSSR count). The molecule has 3 aliphatic rings. The van der Waals surface area contributed by atoms with E-state index in [0.29, 0.717) is 17.0 Å². The number of anilines is 1. The molecule has 0 aromatic heterocycles. The van der Waals surface area contributed by atoms with Crippen LogP contribution in [0.2, 0.25) is 0 Å². The second kappa shape index (κ2) is 15.7. The number of nitrogens with zero attached hydrogens (tertiary/aromatic N) is 4. The lowest BCUT2D eigenvalue weighted by Gasteiger charge is -2.30. The van der Waals surface area contributed by atoms with Crippen molar-refractivity contribution in [1.82, 2.24) is 4.90 Å². The average molecular weight is 711 g/mol. The predicted octanol–water partition coefficient (Wildman–Crippen LogP) is 7.34. The van der Waals surface area contributed by atoms with Crippen LogP contribution >= 0.6 is 0 Å². The van der Waals surface area contributed by atoms with Gasteiger partial charge in [0.1, 0.15) is 18.2 Å². The van der Waals surface area contributed by atoms with Crippen molar-refractivity contribution in [3.63, 3.8) is 0 Å². The van der Waals surface area contributed by atoms with Crippen molar-refractivity contribution in [2.45, 2.75) is 70.6 Å². The standard InChI is InChI=1S/C43H42N4O6/c1-43(2)36(46(23-22-28-8-4-3-5-9-28)35-18-16-30-10-6-7-11-32(30)40(35)43)19-17-33-39(31-14-12-29(26-44)13-15-31)34(27-45)42(52)47(41(33)51)24-25-53-38(50)21-20-37(48)49/h6-7,10-19,28H,3-5,8-9,20-25H2,1-2H3,(H,48,49)/b33-17-,36-19+. The number of rotatable bonds is 11. The lowest BCUT2D eigenvalue weighted by Crippen LogP contribution is -2.44. The molecule has 270 valence electrons. The van der Waals surface area contributed by atoms with Crippen molar-refractivity contribution in [1.29, 1.82) is 10.5 Å². The van der Waals surface area contributed by atoms with Crippen molar-refractivity contribution < 1.29 is 29.0 Å². The number of hydrogen-bond acceptors (Lipinski definition) is 8. The summed E-state index contributed by atoms with van der Waals surface area (Å²) in [6.07, 6.45) is 10.1. The quantitative estimate of drug-likeness (QED) is 0.122. The van der Waals surface area contributed by atoms with Crippen LogP contribution in [-0.4, -0.2) is 53.5 Å². The Balaban J connectivity index is 1.44. The monoisotopic (exact) mass is 710 g/mol. The van der Waals surface area contributed by atoms with Gasteiger partial charge in [-0.1, -0.05) is 88.4 Å². The molecule has 10 heteroatoms. The first kappa shape index (κ1) is 36.8. The van der Waals surface area contributed by atoms with Crippen LogP contribution in [0.25, 0.3) is 16.3 Å². The number of aliphatic carboxylic acids is 1. The maximum atomic E-state index is 14.3. The van der Waals surface area contributed by atoms with E-state index in [1.165, 1.54) is 37.7 Å². The van der Waals surface area contributed by atoms with E-state index in [4.69, 9.17) is 9.84 Å². The number of carboxylic acid groups (broad SMARTS) is 1. The zero-order valence-electron chi connectivity index (χ0n) is 30.1. The van der Waals surface area contributed by atoms with Crippen molar-refractivity contribution in [3.05, 3.63) is 106 Å². The third kappa shape index (κ3) is 7.50. The van der Waals surface area contributed by atoms with Crippen LogP contribution in [0.3, 0.4) is 0 Å². The summed E-state index contributed by atoms with van der Waals surface area (Å²) in [6.45, 7) is 4.46. The van der Waals surface area contributed by atoms with Crippen LogP contribution in [-0.2, 0) is 29.3 Å². The Kier molecular flexibility index (Phi) is 10.9. The molecule has 2 aliphatic heterocycles. The molecule has 3 aromatic carbocycles. The number of ether oxygens (including phenoxy) is 1. The second-order valence-corrected chi connectivity index (χ2v) is 14.3. The Morgan fingerprint density at radius 3 is 2.32 bits per heavy atom. The number of imide groups is 1. The van der Waals surface area contributed by atoms with Gasteiger partial charge in [-0.05, 0) is 64.6 Å². The van der Waals surface area contributed by atoms with Crippen molar-refractivity contribution in [3.8, 4) is 12.1 Å². The molecule has 0 bridgehead atoms. The molecule has 0 saturated heterocycles. The number of esters is 1. The van der Waals surface area contributed by atoms with Crippen LogP contribution in [0, 0.1) is 28.6 Å². The lowest BCUT2D eigenvalue weighted by molar-refractivity contribution is -0.150. The molecule has 10 nitrogen and oxygen atoms in total. The van der Waals surface area contributed by atoms with Crippen molar-refractivity contribution in [2.75, 3.05) is 24.6 Å². The molecular formula is C43H42N4O6. The Morgan fingerprint density at radius 2 is 1.62 bits per heavy atom. The number of fused-ring (bicyclic) bond motifs is 3. The lowest BCUT2D eigenvalue weighted by atomic mass is 9.80. The van der Waals surface area contributed by atoms with E-state index < -0.39 is 35.6 Å². The largest absolute Gasteiger partial charge is 0.481 e. The minimum absolute atomic E-state index is 0.111. The van der Waals surface area contributed by atoms with Gasteiger partial charge in [0.05, 0.1) is 31.0 Å². The highest BCUT2D eigenvalue weighted by molar-refractivity contribution is 6.27. The number of carboxylic acids is 1. The first-order valence-electron chi connectivity index (χ1n) is 18.2. The number of hydrogen-bond donors (Lipinski definition) is 1. The fraction of sp³-hybridized carbons (Fsp3) is 0.349. The highest BCUT2D eigenvalue weighted by Crippen LogP contribution is 2.51. The summed E-state index contributed by atoms with van der Waals surface area (Å²) < 4.78 is 5.15. The van der Waals surface area contributed by atoms with E-state index in [0.717, 1.165) is 40.0 Å². The van der Waals surface area contributed by atoms with Crippen LogP contribution in [0.5, 0.6) is 0 Å². The summed E-state index contributed by atoms with van der Waals surface area (Å²) in [7, 11) is 0. The molecule has 0 radical (unpaired) electrons. The van der Waals surface area contributed by atoms with Gasteiger partial charge in [0, 0.05) is 34.5 Å². The Bertz CT molecular complexity index is 2140. The van der Waals surface area contributed by atoms with Gasteiger partial charge >= 0.3 is 11.9 Å². The summed E-state index contributed by atoms with van der Waals surface area (Å²) in [5.41, 5.74) is 3.64. The van der Waals surface area contributed by atoms with Gasteiger partial charge in [-0.2, -0.15) is 10.5 Å². The Morgan fingerprint density at radius 1 is 0.887 bits per heavy atom. The average Bonchev–Trinajstić information content (AvgIpc) is 3.39. The molecule has 0 atom stereocenters. The highest BCUT2D eigenvalue weighted by atomic mass is 16.5. The number of benzene rings is 3. The molecule has 1 saturated carbocycles. The zero-order valence-corrected chi connectivity index (χ0v) is 30.1. The van der Waals surface area contributed by atoms with Crippen LogP contribution < -0.4 is 4.90 Å². The minimum atomic E-state index is -1.15. The molecule has 3 aromatic rings. The molecule has 0 spiro atoms. The molecule has 1 aliphatic carbocycles. The van der Waals surface area contributed by atoms with E-state index in [1.807, 2.05) is 24.3 Å². The summed E-state index contributed by atoms with van der Waals surface area (Å²) in [6, 6.07) is 23.1. The second-order valence-electron chi connectivity index (χ2n) is 14.3. The molecular weight excluding hydrogens is 668 g/mol. The highest BCUT2D eigenvalue weighted by Gasteiger charge is 2.42. The van der Waals surface area contributed by atoms with Gasteiger partial charge in [-0.3, -0.25) is 24.1 Å². The smallest absolute Gasteiger partial charge is 0.306 e. The van der Waals surface area contributed by atoms with Gasteiger partial charge in [-0.15, -0.1) is 0 Å². The summed E-state index contributed by atoms with van der Waals surface area (Å²) in [5.74, 6) is -2.79. The zero-order chi connectivity index (χ0) is 37.7. The normalized spacial score (nSPS) is 18.7. The number of allylic oxidation sites excluding steroid dienone is 3. The van der Waals surface area contributed by atoms with Crippen molar-refractivity contribution in [2.24, 2.45) is 5.92 Å². The Labute approximate surface area is 309 Å². The SMILES string of the molecule is CC1(C)/C(=C\C=C2/C(=O)N(CCOC(=O)CCC(=O)O)C(=O)C(C#N)=C2c2ccc(C#N)cc2)N(CCC2CCCCC2)c2ccc3ccccc3c21. The van der Waals surface area contributed by atoms with E-state index in [1.54, 1.807) is 30.3 Å². The Hall–Kier alpha value is -6.00. The number of carbonyl (C=O) groups excluding carboxylic acids is 3. The van der Waals surface area contributed by atoms with E-state index in [9.17, 15) is 29.7 Å². The van der Waals surface area contributed by atoms with E-state index in [2.05, 4.69) is 49.1 Å². The van der Waals surface area contributed by atoms with Crippen LogP contribution in [0.1, 0.15) is 81.9 Å². The van der Waals surface area contributed by atoms with Crippen LogP contribution in [0.15, 0.2) is 89.7 Å². The summed E-state index contributed by atoms with van der Waals surface area (Å²) in [5, 5.41) is 31.0. The minimum Gasteiger partial charge on any atom is -0.481 e. The summed E-state index contributed by atoms with van der Waals surface area (Å²) >= 11 is 0. The third-order valence-electron chi connectivity index (χ3n) is 10.6. The van der Waals surface area contributed by atoms with Gasteiger partial charge in [0.2, 0.25) is 0 Å². The van der Waals surface area contributed by atoms with Gasteiger partial charge in [-0.25, -0.2) is 0 Å². The molecule has 53 heavy (non-hydrogen) atoms. The fourth-order valence-corrected chi connectivity index (χ4v) is 7.95. The molecule has 1 fully saturated rings. The molecule has 2 heterocycles. The van der Waals surface area contributed by atoms with Gasteiger partial charge in [0.25, 0.3) is 11.8 Å². The number of nitriles is 2. The fourth-order valence-electron chi connectivity index (χ4n) is 7.95. The first-order chi connectivity index (χ1) is 25.5. The number of carbonyl (C=O) groups is 4. The maximum Gasteiger partial charge on any atom is 0.306 e. The van der Waals surface area contributed by atoms with Crippen molar-refractivity contribution >= 4 is 45.8 Å². The number of amides is 2. The van der Waals surface area contributed by atoms with E-state index in [-0.39, 0.29) is 36.3 Å². The molecule has 0 unspecified atom stereocenters.